The summed E-state index contributed by atoms with van der Waals surface area (Å²) in [5.74, 6) is -2.17. The summed E-state index contributed by atoms with van der Waals surface area (Å²) >= 11 is 0. The highest BCUT2D eigenvalue weighted by atomic mass is 16.5. The van der Waals surface area contributed by atoms with Crippen LogP contribution >= 0.6 is 0 Å². The molecule has 166 valence electrons. The number of carbonyl (C=O) groups excluding carboxylic acids is 3. The Balaban J connectivity index is -0.000000147. The molecule has 0 saturated carbocycles. The molecule has 9 nitrogen and oxygen atoms in total. The average Bonchev–Trinajstić information content (AvgIpc) is 2.73. The zero-order chi connectivity index (χ0) is 23.5. The molecule has 0 saturated heterocycles. The van der Waals surface area contributed by atoms with E-state index in [1.54, 1.807) is 6.92 Å². The van der Waals surface area contributed by atoms with Gasteiger partial charge in [-0.05, 0) is 13.3 Å². The van der Waals surface area contributed by atoms with Gasteiger partial charge in [-0.15, -0.1) is 0 Å². The second-order valence-corrected chi connectivity index (χ2v) is 4.32. The standard InChI is InChI=1S/C7H12O2.C5H8O3.C5H8O2.C3H4O2/c1-3-5-6-9-7(8)4-2;1-2-5(7)8-4-3-6;1-3-5(6)7-4-2;1-2-3(4)5/h4H,2-3,5-6H2,1H3;2,6H,1,3-4H2;3H,1,4H2,2H3;2H,1H2,(H,4,5). The number of aliphatic hydroxyl groups is 1. The minimum atomic E-state index is -0.981. The fourth-order valence-corrected chi connectivity index (χ4v) is 0.782. The van der Waals surface area contributed by atoms with Crippen LogP contribution in [0.15, 0.2) is 50.6 Å². The highest BCUT2D eigenvalue weighted by Gasteiger charge is 1.91. The average molecular weight is 416 g/mol. The van der Waals surface area contributed by atoms with Gasteiger partial charge in [-0.25, -0.2) is 19.2 Å². The number of unbranched alkanes of at least 4 members (excludes halogenated alkanes) is 1. The summed E-state index contributed by atoms with van der Waals surface area (Å²) in [6.45, 7) is 17.2. The monoisotopic (exact) mass is 416 g/mol. The van der Waals surface area contributed by atoms with Crippen LogP contribution in [0.3, 0.4) is 0 Å². The van der Waals surface area contributed by atoms with Crippen molar-refractivity contribution in [1.29, 1.82) is 0 Å². The zero-order valence-corrected chi connectivity index (χ0v) is 17.1. The van der Waals surface area contributed by atoms with Crippen LogP contribution in [-0.4, -0.2) is 60.5 Å². The van der Waals surface area contributed by atoms with Gasteiger partial charge >= 0.3 is 23.9 Å². The highest BCUT2D eigenvalue weighted by molar-refractivity contribution is 5.81. The van der Waals surface area contributed by atoms with Gasteiger partial charge in [0.15, 0.2) is 0 Å². The van der Waals surface area contributed by atoms with Gasteiger partial charge in [0.25, 0.3) is 0 Å². The smallest absolute Gasteiger partial charge is 0.330 e. The molecule has 0 aliphatic rings. The van der Waals surface area contributed by atoms with Gasteiger partial charge in [-0.1, -0.05) is 39.7 Å². The molecule has 9 heteroatoms. The molecule has 0 aromatic carbocycles. The maximum atomic E-state index is 10.3. The Hall–Kier alpha value is -3.20. The van der Waals surface area contributed by atoms with Crippen LogP contribution in [0, 0.1) is 0 Å². The molecule has 0 fully saturated rings. The molecule has 0 bridgehead atoms. The number of carboxylic acid groups (broad SMARTS) is 1. The lowest BCUT2D eigenvalue weighted by Crippen LogP contribution is -2.04. The third-order valence-corrected chi connectivity index (χ3v) is 2.04. The first-order valence-electron chi connectivity index (χ1n) is 8.54. The minimum absolute atomic E-state index is 0.0465. The number of hydrogen-bond acceptors (Lipinski definition) is 8. The van der Waals surface area contributed by atoms with Crippen LogP contribution in [0.2, 0.25) is 0 Å². The number of carboxylic acids is 1. The molecule has 0 spiro atoms. The molecule has 0 unspecified atom stereocenters. The number of aliphatic carboxylic acids is 1. The van der Waals surface area contributed by atoms with Crippen LogP contribution in [-0.2, 0) is 33.4 Å². The fraction of sp³-hybridized carbons (Fsp3) is 0.400. The Kier molecular flexibility index (Phi) is 34.0. The Labute approximate surface area is 172 Å². The van der Waals surface area contributed by atoms with Crippen molar-refractivity contribution in [3.8, 4) is 0 Å². The Morgan fingerprint density at radius 1 is 0.759 bits per heavy atom. The Bertz CT molecular complexity index is 496. The van der Waals surface area contributed by atoms with Crippen molar-refractivity contribution in [3.05, 3.63) is 50.6 Å². The predicted molar refractivity (Wildman–Crippen MR) is 109 cm³/mol. The molecule has 0 amide bonds. The Morgan fingerprint density at radius 3 is 1.38 bits per heavy atom. The Morgan fingerprint density at radius 2 is 1.14 bits per heavy atom. The fourth-order valence-electron chi connectivity index (χ4n) is 0.782. The van der Waals surface area contributed by atoms with Crippen LogP contribution in [0.5, 0.6) is 0 Å². The number of hydrogen-bond donors (Lipinski definition) is 2. The van der Waals surface area contributed by atoms with E-state index in [2.05, 4.69) is 40.5 Å². The molecule has 0 aliphatic heterocycles. The molecule has 0 rings (SSSR count). The largest absolute Gasteiger partial charge is 0.478 e. The molecular weight excluding hydrogens is 384 g/mol. The van der Waals surface area contributed by atoms with Gasteiger partial charge in [0, 0.05) is 24.3 Å². The molecule has 0 aliphatic carbocycles. The molecule has 0 aromatic rings. The summed E-state index contributed by atoms with van der Waals surface area (Å²) in [6, 6.07) is 0. The second-order valence-electron chi connectivity index (χ2n) is 4.32. The number of rotatable bonds is 10. The predicted octanol–water partition coefficient (Wildman–Crippen LogP) is 2.22. The molecule has 0 radical (unpaired) electrons. The maximum absolute atomic E-state index is 10.3. The lowest BCUT2D eigenvalue weighted by atomic mass is 10.4. The molecule has 0 aromatic heterocycles. The van der Waals surface area contributed by atoms with Crippen molar-refractivity contribution in [3.63, 3.8) is 0 Å². The van der Waals surface area contributed by atoms with Crippen molar-refractivity contribution in [1.82, 2.24) is 0 Å². The quantitative estimate of drug-likeness (QED) is 0.238. The van der Waals surface area contributed by atoms with E-state index in [1.165, 1.54) is 6.08 Å². The van der Waals surface area contributed by atoms with Gasteiger partial charge in [0.05, 0.1) is 19.8 Å². The summed E-state index contributed by atoms with van der Waals surface area (Å²) in [6.07, 6.45) is 6.18. The summed E-state index contributed by atoms with van der Waals surface area (Å²) in [5, 5.41) is 15.7. The summed E-state index contributed by atoms with van der Waals surface area (Å²) < 4.78 is 13.4. The van der Waals surface area contributed by atoms with Crippen molar-refractivity contribution in [2.45, 2.75) is 26.7 Å². The molecule has 29 heavy (non-hydrogen) atoms. The van der Waals surface area contributed by atoms with Crippen LogP contribution < -0.4 is 0 Å². The first-order valence-corrected chi connectivity index (χ1v) is 8.54. The number of esters is 3. The molecule has 2 N–H and O–H groups in total. The first kappa shape index (κ1) is 33.4. The van der Waals surface area contributed by atoms with Crippen LogP contribution in [0.4, 0.5) is 0 Å². The third kappa shape index (κ3) is 45.7. The number of carbonyl (C=O) groups is 4. The van der Waals surface area contributed by atoms with E-state index in [4.69, 9.17) is 10.2 Å². The van der Waals surface area contributed by atoms with Crippen molar-refractivity contribution < 1.29 is 43.6 Å². The van der Waals surface area contributed by atoms with E-state index in [0.29, 0.717) is 13.2 Å². The molecule has 0 heterocycles. The lowest BCUT2D eigenvalue weighted by molar-refractivity contribution is -0.139. The van der Waals surface area contributed by atoms with Gasteiger partial charge in [0.2, 0.25) is 0 Å². The van der Waals surface area contributed by atoms with E-state index < -0.39 is 11.9 Å². The van der Waals surface area contributed by atoms with E-state index in [9.17, 15) is 19.2 Å². The van der Waals surface area contributed by atoms with E-state index in [-0.39, 0.29) is 25.2 Å². The summed E-state index contributed by atoms with van der Waals surface area (Å²) in [4.78, 5) is 39.8. The highest BCUT2D eigenvalue weighted by Crippen LogP contribution is 1.88. The van der Waals surface area contributed by atoms with Crippen LogP contribution in [0.25, 0.3) is 0 Å². The third-order valence-electron chi connectivity index (χ3n) is 2.04. The molecule has 0 atom stereocenters. The summed E-state index contributed by atoms with van der Waals surface area (Å²) in [7, 11) is 0. The second kappa shape index (κ2) is 29.6. The zero-order valence-electron chi connectivity index (χ0n) is 17.1. The lowest BCUT2D eigenvalue weighted by Gasteiger charge is -1.97. The summed E-state index contributed by atoms with van der Waals surface area (Å²) in [5.41, 5.74) is 0. The van der Waals surface area contributed by atoms with Gasteiger partial charge < -0.3 is 24.4 Å². The van der Waals surface area contributed by atoms with E-state index in [1.807, 2.05) is 6.92 Å². The van der Waals surface area contributed by atoms with Gasteiger partial charge in [-0.2, -0.15) is 0 Å². The van der Waals surface area contributed by atoms with Crippen molar-refractivity contribution in [2.24, 2.45) is 0 Å². The number of ether oxygens (including phenoxy) is 3. The molecular formula is C20H32O9. The van der Waals surface area contributed by atoms with E-state index in [0.717, 1.165) is 31.1 Å². The van der Waals surface area contributed by atoms with Crippen molar-refractivity contribution in [2.75, 3.05) is 26.4 Å². The van der Waals surface area contributed by atoms with Crippen molar-refractivity contribution >= 4 is 23.9 Å². The SMILES string of the molecule is C=CC(=O)O.C=CC(=O)OCC.C=CC(=O)OCCCC.C=CC(=O)OCCO. The number of aliphatic hydroxyl groups excluding tert-OH is 1. The maximum Gasteiger partial charge on any atom is 0.330 e. The minimum Gasteiger partial charge on any atom is -0.478 e. The topological polar surface area (TPSA) is 136 Å². The normalized spacial score (nSPS) is 7.83. The van der Waals surface area contributed by atoms with Crippen LogP contribution in [0.1, 0.15) is 26.7 Å². The van der Waals surface area contributed by atoms with Gasteiger partial charge in [0.1, 0.15) is 6.61 Å². The van der Waals surface area contributed by atoms with E-state index >= 15 is 0 Å². The first-order chi connectivity index (χ1) is 13.7. The van der Waals surface area contributed by atoms with Gasteiger partial charge in [-0.3, -0.25) is 0 Å².